The van der Waals surface area contributed by atoms with Crippen LogP contribution in [0.5, 0.6) is 0 Å². The van der Waals surface area contributed by atoms with E-state index in [9.17, 15) is 0 Å². The van der Waals surface area contributed by atoms with E-state index in [1.807, 2.05) is 12.1 Å². The second kappa shape index (κ2) is 13.2. The minimum Gasteiger partial charge on any atom is -0.456 e. The van der Waals surface area contributed by atoms with Crippen LogP contribution in [0.2, 0.25) is 0 Å². The summed E-state index contributed by atoms with van der Waals surface area (Å²) in [5.74, 6) is 0. The van der Waals surface area contributed by atoms with Crippen molar-refractivity contribution in [2.75, 3.05) is 4.90 Å². The van der Waals surface area contributed by atoms with Crippen molar-refractivity contribution in [2.24, 2.45) is 0 Å². The molecular formula is C57H37NO. The fourth-order valence-electron chi connectivity index (χ4n) is 9.97. The van der Waals surface area contributed by atoms with Crippen LogP contribution in [0.4, 0.5) is 17.1 Å². The Kier molecular flexibility index (Phi) is 7.48. The number of fused-ring (bicyclic) bond motifs is 12. The maximum absolute atomic E-state index is 6.41. The second-order valence-electron chi connectivity index (χ2n) is 15.6. The van der Waals surface area contributed by atoms with E-state index in [4.69, 9.17) is 4.42 Å². The number of hydrogen-bond donors (Lipinski definition) is 0. The van der Waals surface area contributed by atoms with Gasteiger partial charge in [-0.1, -0.05) is 176 Å². The van der Waals surface area contributed by atoms with E-state index in [1.165, 1.54) is 66.8 Å². The van der Waals surface area contributed by atoms with Gasteiger partial charge in [0.25, 0.3) is 0 Å². The molecule has 0 radical (unpaired) electrons. The Labute approximate surface area is 343 Å². The van der Waals surface area contributed by atoms with E-state index >= 15 is 0 Å². The SMILES string of the molecule is C1=Cc2ccccc2C2(c3ccccc31)c1ccccc1-c1c(-c3ccc(N(c4ccc(-c5ccccc5)cc4)c4ccc5c(c4)oc4ccccc45)cc3)cccc12. The third-order valence-electron chi connectivity index (χ3n) is 12.5. The standard InChI is InChI=1S/C57H37NO/c1-2-13-38(14-3-1)39-27-31-43(32-28-39)58(45-35-36-48-47-17-7-11-24-54(47)59-55(48)37-45)44-33-29-40(30-34-44)46-19-12-23-53-56(46)49-18-6-10-22-52(49)57(53)50-20-8-4-15-41(50)25-26-42-16-5-9-21-51(42)57/h1-37H. The molecule has 2 heteroatoms. The molecule has 2 nitrogen and oxygen atoms in total. The number of nitrogens with zero attached hydrogens (tertiary/aromatic N) is 1. The van der Waals surface area contributed by atoms with E-state index in [2.05, 4.69) is 217 Å². The summed E-state index contributed by atoms with van der Waals surface area (Å²) in [6.45, 7) is 0. The van der Waals surface area contributed by atoms with Crippen molar-refractivity contribution in [3.8, 4) is 33.4 Å². The second-order valence-corrected chi connectivity index (χ2v) is 15.6. The molecule has 59 heavy (non-hydrogen) atoms. The smallest absolute Gasteiger partial charge is 0.137 e. The first-order valence-electron chi connectivity index (χ1n) is 20.3. The van der Waals surface area contributed by atoms with Crippen molar-refractivity contribution in [3.05, 3.63) is 246 Å². The van der Waals surface area contributed by atoms with Gasteiger partial charge in [-0.25, -0.2) is 0 Å². The molecule has 1 heterocycles. The summed E-state index contributed by atoms with van der Waals surface area (Å²) in [4.78, 5) is 2.33. The average Bonchev–Trinajstić information content (AvgIpc) is 3.78. The van der Waals surface area contributed by atoms with Crippen molar-refractivity contribution < 1.29 is 4.42 Å². The fraction of sp³-hybridized carbons (Fsp3) is 0.0175. The molecule has 1 spiro atoms. The van der Waals surface area contributed by atoms with Crippen LogP contribution in [0.1, 0.15) is 33.4 Å². The lowest BCUT2D eigenvalue weighted by molar-refractivity contribution is 0.669. The fourth-order valence-corrected chi connectivity index (χ4v) is 9.97. The van der Waals surface area contributed by atoms with Gasteiger partial charge in [-0.2, -0.15) is 0 Å². The van der Waals surface area contributed by atoms with Gasteiger partial charge in [0.15, 0.2) is 0 Å². The van der Waals surface area contributed by atoms with Crippen LogP contribution in [-0.4, -0.2) is 0 Å². The molecule has 0 fully saturated rings. The molecule has 0 unspecified atom stereocenters. The zero-order valence-electron chi connectivity index (χ0n) is 32.2. The van der Waals surface area contributed by atoms with E-state index in [1.54, 1.807) is 0 Å². The Morgan fingerprint density at radius 2 is 0.864 bits per heavy atom. The number of rotatable bonds is 5. The van der Waals surface area contributed by atoms with Gasteiger partial charge >= 0.3 is 0 Å². The van der Waals surface area contributed by atoms with Gasteiger partial charge in [-0.05, 0) is 109 Å². The lowest BCUT2D eigenvalue weighted by Gasteiger charge is -2.35. The minimum absolute atomic E-state index is 0.462. The van der Waals surface area contributed by atoms with Crippen LogP contribution in [0.3, 0.4) is 0 Å². The molecule has 2 aliphatic rings. The summed E-state index contributed by atoms with van der Waals surface area (Å²) in [6, 6.07) is 77.2. The Morgan fingerprint density at radius 1 is 0.339 bits per heavy atom. The highest BCUT2D eigenvalue weighted by atomic mass is 16.3. The maximum atomic E-state index is 6.41. The van der Waals surface area contributed by atoms with Gasteiger partial charge in [-0.15, -0.1) is 0 Å². The van der Waals surface area contributed by atoms with E-state index in [0.717, 1.165) is 39.0 Å². The summed E-state index contributed by atoms with van der Waals surface area (Å²) < 4.78 is 6.41. The summed E-state index contributed by atoms with van der Waals surface area (Å²) >= 11 is 0. The molecular weight excluding hydrogens is 715 g/mol. The first kappa shape index (κ1) is 33.5. The monoisotopic (exact) mass is 751 g/mol. The Morgan fingerprint density at radius 3 is 1.59 bits per heavy atom. The van der Waals surface area contributed by atoms with Crippen molar-refractivity contribution in [1.29, 1.82) is 0 Å². The molecule has 0 saturated heterocycles. The molecule has 0 amide bonds. The first-order chi connectivity index (χ1) is 29.3. The molecule has 2 aliphatic carbocycles. The van der Waals surface area contributed by atoms with Gasteiger partial charge in [0.05, 0.1) is 5.41 Å². The summed E-state index contributed by atoms with van der Waals surface area (Å²) in [6.07, 6.45) is 4.58. The van der Waals surface area contributed by atoms with Crippen LogP contribution < -0.4 is 4.90 Å². The van der Waals surface area contributed by atoms with Crippen LogP contribution in [0.15, 0.2) is 217 Å². The molecule has 1 aromatic heterocycles. The highest BCUT2D eigenvalue weighted by molar-refractivity contribution is 6.06. The van der Waals surface area contributed by atoms with Gasteiger partial charge in [-0.3, -0.25) is 0 Å². The van der Waals surface area contributed by atoms with E-state index in [0.29, 0.717) is 0 Å². The quantitative estimate of drug-likeness (QED) is 0.174. The number of furan rings is 1. The van der Waals surface area contributed by atoms with Crippen LogP contribution >= 0.6 is 0 Å². The third kappa shape index (κ3) is 5.06. The lowest BCUT2D eigenvalue weighted by atomic mass is 9.66. The van der Waals surface area contributed by atoms with Gasteiger partial charge in [0.1, 0.15) is 11.2 Å². The van der Waals surface area contributed by atoms with Crippen molar-refractivity contribution in [3.63, 3.8) is 0 Å². The molecule has 0 bridgehead atoms. The van der Waals surface area contributed by atoms with Crippen molar-refractivity contribution in [1.82, 2.24) is 0 Å². The topological polar surface area (TPSA) is 16.4 Å². The molecule has 0 atom stereocenters. The molecule has 9 aromatic carbocycles. The van der Waals surface area contributed by atoms with Crippen molar-refractivity contribution in [2.45, 2.75) is 5.41 Å². The van der Waals surface area contributed by atoms with Gasteiger partial charge < -0.3 is 9.32 Å². The third-order valence-corrected chi connectivity index (χ3v) is 12.5. The van der Waals surface area contributed by atoms with Crippen LogP contribution in [-0.2, 0) is 5.41 Å². The summed E-state index contributed by atoms with van der Waals surface area (Å²) in [5.41, 5.74) is 19.6. The van der Waals surface area contributed by atoms with Gasteiger partial charge in [0.2, 0.25) is 0 Å². The minimum atomic E-state index is -0.462. The summed E-state index contributed by atoms with van der Waals surface area (Å²) in [7, 11) is 0. The number of benzene rings is 9. The number of hydrogen-bond acceptors (Lipinski definition) is 2. The lowest BCUT2D eigenvalue weighted by Crippen LogP contribution is -2.29. The average molecular weight is 752 g/mol. The Bertz CT molecular complexity index is 3210. The zero-order valence-corrected chi connectivity index (χ0v) is 32.2. The van der Waals surface area contributed by atoms with E-state index in [-0.39, 0.29) is 0 Å². The molecule has 276 valence electrons. The predicted octanol–water partition coefficient (Wildman–Crippen LogP) is 15.2. The molecule has 0 saturated carbocycles. The first-order valence-corrected chi connectivity index (χ1v) is 20.3. The molecule has 12 rings (SSSR count). The molecule has 0 N–H and O–H groups in total. The Hall–Kier alpha value is -7.68. The Balaban J connectivity index is 1.02. The normalized spacial score (nSPS) is 13.2. The van der Waals surface area contributed by atoms with Crippen LogP contribution in [0.25, 0.3) is 67.5 Å². The maximum Gasteiger partial charge on any atom is 0.137 e. The zero-order chi connectivity index (χ0) is 38.9. The van der Waals surface area contributed by atoms with Crippen molar-refractivity contribution >= 4 is 51.2 Å². The largest absolute Gasteiger partial charge is 0.456 e. The van der Waals surface area contributed by atoms with Gasteiger partial charge in [0, 0.05) is 33.9 Å². The number of anilines is 3. The predicted molar refractivity (Wildman–Crippen MR) is 246 cm³/mol. The summed E-state index contributed by atoms with van der Waals surface area (Å²) in [5, 5.41) is 2.24. The molecule has 0 aliphatic heterocycles. The highest BCUT2D eigenvalue weighted by Gasteiger charge is 2.49. The molecule has 10 aromatic rings. The van der Waals surface area contributed by atoms with E-state index < -0.39 is 5.41 Å². The highest BCUT2D eigenvalue weighted by Crippen LogP contribution is 2.60. The number of para-hydroxylation sites is 1. The van der Waals surface area contributed by atoms with Crippen LogP contribution in [0, 0.1) is 0 Å².